The molecule has 0 amide bonds. The van der Waals surface area contributed by atoms with E-state index in [1.54, 1.807) is 6.20 Å². The van der Waals surface area contributed by atoms with Crippen LogP contribution in [-0.4, -0.2) is 16.9 Å². The third-order valence-electron chi connectivity index (χ3n) is 3.42. The Hall–Kier alpha value is -1.91. The normalized spacial score (nSPS) is 11.0. The van der Waals surface area contributed by atoms with Crippen molar-refractivity contribution in [2.24, 2.45) is 0 Å². The van der Waals surface area contributed by atoms with Crippen LogP contribution < -0.4 is 0 Å². The average Bonchev–Trinajstić information content (AvgIpc) is 2.99. The van der Waals surface area contributed by atoms with Gasteiger partial charge in [0.15, 0.2) is 5.76 Å². The van der Waals surface area contributed by atoms with E-state index in [4.69, 9.17) is 4.42 Å². The van der Waals surface area contributed by atoms with Gasteiger partial charge in [0.05, 0.1) is 12.7 Å². The minimum absolute atomic E-state index is 0.675. The molecule has 1 heterocycles. The molecule has 3 rings (SSSR count). The van der Waals surface area contributed by atoms with Crippen molar-refractivity contribution in [3.63, 3.8) is 0 Å². The van der Waals surface area contributed by atoms with E-state index in [-0.39, 0.29) is 0 Å². The highest BCUT2D eigenvalue weighted by atomic mass is 79.9. The molecule has 0 spiro atoms. The molecule has 2 aromatic carbocycles. The third kappa shape index (κ3) is 3.64. The highest BCUT2D eigenvalue weighted by Crippen LogP contribution is 2.21. The quantitative estimate of drug-likeness (QED) is 0.661. The Kier molecular flexibility index (Phi) is 4.71. The predicted octanol–water partition coefficient (Wildman–Crippen LogP) is 4.74. The lowest BCUT2D eigenvalue weighted by atomic mass is 10.2. The topological polar surface area (TPSA) is 29.3 Å². The Morgan fingerprint density at radius 2 is 1.73 bits per heavy atom. The van der Waals surface area contributed by atoms with Crippen molar-refractivity contribution in [2.75, 3.05) is 7.05 Å². The van der Waals surface area contributed by atoms with Crippen molar-refractivity contribution in [3.05, 3.63) is 76.7 Å². The van der Waals surface area contributed by atoms with E-state index in [1.807, 2.05) is 42.5 Å². The number of nitrogens with zero attached hydrogens (tertiary/aromatic N) is 2. The van der Waals surface area contributed by atoms with Gasteiger partial charge < -0.3 is 4.42 Å². The number of halogens is 1. The molecule has 0 aliphatic heterocycles. The minimum Gasteiger partial charge on any atom is -0.439 e. The summed E-state index contributed by atoms with van der Waals surface area (Å²) in [5, 5.41) is 0. The number of hydrogen-bond acceptors (Lipinski definition) is 3. The van der Waals surface area contributed by atoms with Crippen LogP contribution in [0.5, 0.6) is 0 Å². The molecule has 0 bridgehead atoms. The summed E-state index contributed by atoms with van der Waals surface area (Å²) < 4.78 is 6.97. The van der Waals surface area contributed by atoms with Crippen LogP contribution >= 0.6 is 15.9 Å². The SMILES string of the molecule is CN(Cc1ncc(-c2ccccc2)o1)Cc1ccccc1Br. The van der Waals surface area contributed by atoms with Crippen LogP contribution in [0, 0.1) is 0 Å². The number of oxazole rings is 1. The molecule has 4 heteroatoms. The standard InChI is InChI=1S/C18H17BrN2O/c1-21(12-15-9-5-6-10-16(15)19)13-18-20-11-17(22-18)14-7-3-2-4-8-14/h2-11H,12-13H2,1H3. The fraction of sp³-hybridized carbons (Fsp3) is 0.167. The lowest BCUT2D eigenvalue weighted by Crippen LogP contribution is -2.17. The first-order chi connectivity index (χ1) is 10.7. The van der Waals surface area contributed by atoms with Crippen molar-refractivity contribution in [1.29, 1.82) is 0 Å². The summed E-state index contributed by atoms with van der Waals surface area (Å²) in [5.41, 5.74) is 2.30. The highest BCUT2D eigenvalue weighted by molar-refractivity contribution is 9.10. The first-order valence-electron chi connectivity index (χ1n) is 7.14. The second kappa shape index (κ2) is 6.90. The molecule has 1 aromatic heterocycles. The Morgan fingerprint density at radius 3 is 2.50 bits per heavy atom. The van der Waals surface area contributed by atoms with Crippen LogP contribution in [0.4, 0.5) is 0 Å². The zero-order chi connectivity index (χ0) is 15.4. The third-order valence-corrected chi connectivity index (χ3v) is 4.19. The number of rotatable bonds is 5. The monoisotopic (exact) mass is 356 g/mol. The van der Waals surface area contributed by atoms with Crippen molar-refractivity contribution in [3.8, 4) is 11.3 Å². The molecular weight excluding hydrogens is 340 g/mol. The van der Waals surface area contributed by atoms with Crippen molar-refractivity contribution in [2.45, 2.75) is 13.1 Å². The largest absolute Gasteiger partial charge is 0.439 e. The van der Waals surface area contributed by atoms with E-state index >= 15 is 0 Å². The van der Waals surface area contributed by atoms with E-state index < -0.39 is 0 Å². The van der Waals surface area contributed by atoms with Crippen LogP contribution in [0.3, 0.4) is 0 Å². The van der Waals surface area contributed by atoms with E-state index in [1.165, 1.54) is 5.56 Å². The van der Waals surface area contributed by atoms with Crippen molar-refractivity contribution in [1.82, 2.24) is 9.88 Å². The van der Waals surface area contributed by atoms with Crippen molar-refractivity contribution < 1.29 is 4.42 Å². The van der Waals surface area contributed by atoms with E-state index in [0.717, 1.165) is 28.2 Å². The molecule has 22 heavy (non-hydrogen) atoms. The van der Waals surface area contributed by atoms with Crippen LogP contribution in [-0.2, 0) is 13.1 Å². The first-order valence-corrected chi connectivity index (χ1v) is 7.94. The molecule has 0 aliphatic rings. The molecule has 0 atom stereocenters. The Balaban J connectivity index is 1.66. The molecule has 0 radical (unpaired) electrons. The van der Waals surface area contributed by atoms with E-state index in [2.05, 4.69) is 45.0 Å². The number of aromatic nitrogens is 1. The van der Waals surface area contributed by atoms with Gasteiger partial charge in [0.25, 0.3) is 0 Å². The molecule has 3 aromatic rings. The summed E-state index contributed by atoms with van der Waals surface area (Å²) in [6.07, 6.45) is 1.79. The molecule has 0 unspecified atom stereocenters. The van der Waals surface area contributed by atoms with Gasteiger partial charge in [0, 0.05) is 16.6 Å². The summed E-state index contributed by atoms with van der Waals surface area (Å²) in [7, 11) is 2.06. The highest BCUT2D eigenvalue weighted by Gasteiger charge is 2.10. The van der Waals surface area contributed by atoms with Gasteiger partial charge in [-0.15, -0.1) is 0 Å². The molecule has 0 aliphatic carbocycles. The van der Waals surface area contributed by atoms with Gasteiger partial charge in [0.1, 0.15) is 0 Å². The second-order valence-corrected chi connectivity index (χ2v) is 6.10. The smallest absolute Gasteiger partial charge is 0.209 e. The van der Waals surface area contributed by atoms with Crippen LogP contribution in [0.25, 0.3) is 11.3 Å². The Labute approximate surface area is 138 Å². The molecule has 112 valence electrons. The zero-order valence-electron chi connectivity index (χ0n) is 12.4. The number of benzene rings is 2. The maximum Gasteiger partial charge on any atom is 0.209 e. The van der Waals surface area contributed by atoms with E-state index in [0.29, 0.717) is 6.54 Å². The molecule has 0 N–H and O–H groups in total. The van der Waals surface area contributed by atoms with Gasteiger partial charge in [-0.3, -0.25) is 4.90 Å². The average molecular weight is 357 g/mol. The van der Waals surface area contributed by atoms with Crippen LogP contribution in [0.15, 0.2) is 69.7 Å². The van der Waals surface area contributed by atoms with E-state index in [9.17, 15) is 0 Å². The first kappa shape index (κ1) is 15.0. The lowest BCUT2D eigenvalue weighted by Gasteiger charge is -2.15. The molecule has 0 saturated heterocycles. The van der Waals surface area contributed by atoms with Gasteiger partial charge >= 0.3 is 0 Å². The van der Waals surface area contributed by atoms with Gasteiger partial charge in [-0.25, -0.2) is 4.98 Å². The minimum atomic E-state index is 0.675. The Bertz CT molecular complexity index is 740. The molecular formula is C18H17BrN2O. The van der Waals surface area contributed by atoms with Gasteiger partial charge in [-0.05, 0) is 18.7 Å². The van der Waals surface area contributed by atoms with Gasteiger partial charge in [-0.2, -0.15) is 0 Å². The zero-order valence-corrected chi connectivity index (χ0v) is 14.0. The maximum absolute atomic E-state index is 5.84. The van der Waals surface area contributed by atoms with Crippen LogP contribution in [0.2, 0.25) is 0 Å². The lowest BCUT2D eigenvalue weighted by molar-refractivity contribution is 0.282. The van der Waals surface area contributed by atoms with Gasteiger partial charge in [0.2, 0.25) is 5.89 Å². The summed E-state index contributed by atoms with van der Waals surface area (Å²) in [5.74, 6) is 1.54. The van der Waals surface area contributed by atoms with Gasteiger partial charge in [-0.1, -0.05) is 64.5 Å². The van der Waals surface area contributed by atoms with Crippen molar-refractivity contribution >= 4 is 15.9 Å². The molecule has 0 fully saturated rings. The summed E-state index contributed by atoms with van der Waals surface area (Å²) in [6.45, 7) is 1.51. The predicted molar refractivity (Wildman–Crippen MR) is 91.3 cm³/mol. The fourth-order valence-electron chi connectivity index (χ4n) is 2.32. The summed E-state index contributed by atoms with van der Waals surface area (Å²) in [4.78, 5) is 6.56. The maximum atomic E-state index is 5.84. The summed E-state index contributed by atoms with van der Waals surface area (Å²) in [6, 6.07) is 18.3. The Morgan fingerprint density at radius 1 is 1.00 bits per heavy atom. The summed E-state index contributed by atoms with van der Waals surface area (Å²) >= 11 is 3.58. The van der Waals surface area contributed by atoms with Crippen LogP contribution in [0.1, 0.15) is 11.5 Å². The molecule has 0 saturated carbocycles. The second-order valence-electron chi connectivity index (χ2n) is 5.25. The molecule has 3 nitrogen and oxygen atoms in total. The number of hydrogen-bond donors (Lipinski definition) is 0. The fourth-order valence-corrected chi connectivity index (χ4v) is 2.73.